The summed E-state index contributed by atoms with van der Waals surface area (Å²) in [6.07, 6.45) is 2.09. The van der Waals surface area contributed by atoms with Gasteiger partial charge in [0.15, 0.2) is 0 Å². The molecule has 3 rings (SSSR count). The Bertz CT molecular complexity index is 1160. The average molecular weight is 497 g/mol. The summed E-state index contributed by atoms with van der Waals surface area (Å²) in [7, 11) is 2.90. The molecule has 7 nitrogen and oxygen atoms in total. The molecule has 36 heavy (non-hydrogen) atoms. The second-order valence-corrected chi connectivity index (χ2v) is 8.25. The summed E-state index contributed by atoms with van der Waals surface area (Å²) in [6, 6.07) is 14.0. The van der Waals surface area contributed by atoms with Crippen molar-refractivity contribution in [2.75, 3.05) is 14.2 Å². The molecule has 1 aliphatic carbocycles. The van der Waals surface area contributed by atoms with Gasteiger partial charge in [-0.15, -0.1) is 0 Å². The van der Waals surface area contributed by atoms with E-state index in [-0.39, 0.29) is 24.0 Å². The zero-order chi connectivity index (χ0) is 26.7. The Hall–Kier alpha value is -3.61. The molecule has 0 saturated heterocycles. The highest BCUT2D eigenvalue weighted by molar-refractivity contribution is 6.08. The Labute approximate surface area is 212 Å². The first kappa shape index (κ1) is 28.6. The van der Waals surface area contributed by atoms with E-state index in [0.717, 1.165) is 0 Å². The number of ether oxygens (including phenoxy) is 4. The van der Waals surface area contributed by atoms with Crippen molar-refractivity contribution >= 4 is 29.2 Å². The highest BCUT2D eigenvalue weighted by atomic mass is 16.5. The van der Waals surface area contributed by atoms with Gasteiger partial charge < -0.3 is 18.9 Å². The van der Waals surface area contributed by atoms with Crippen LogP contribution in [0.25, 0.3) is 11.3 Å². The molecule has 0 aliphatic heterocycles. The van der Waals surface area contributed by atoms with Crippen LogP contribution < -0.4 is 15.2 Å². The number of hydrogen-bond donors (Lipinski definition) is 0. The molecule has 0 unspecified atom stereocenters. The fourth-order valence-corrected chi connectivity index (χ4v) is 4.03. The van der Waals surface area contributed by atoms with Gasteiger partial charge in [0.1, 0.15) is 17.6 Å². The molecule has 0 bridgehead atoms. The first-order chi connectivity index (χ1) is 17.3. The number of carbonyl (C=O) groups excluding carboxylic acids is 3. The summed E-state index contributed by atoms with van der Waals surface area (Å²) in [6.45, 7) is 7.39. The zero-order valence-corrected chi connectivity index (χ0v) is 22.0. The van der Waals surface area contributed by atoms with Gasteiger partial charge in [-0.05, 0) is 69.0 Å². The highest BCUT2D eigenvalue weighted by Crippen LogP contribution is 2.28. The van der Waals surface area contributed by atoms with Crippen LogP contribution in [0.4, 0.5) is 0 Å². The number of carbonyl (C=O) groups is 3. The maximum atomic E-state index is 12.8. The number of hydrogen-bond acceptors (Lipinski definition) is 7. The lowest BCUT2D eigenvalue weighted by Gasteiger charge is -2.27. The molecule has 1 aliphatic rings. The molecule has 7 heteroatoms. The lowest BCUT2D eigenvalue weighted by molar-refractivity contribution is -0.143. The van der Waals surface area contributed by atoms with Crippen LogP contribution >= 0.6 is 0 Å². The summed E-state index contributed by atoms with van der Waals surface area (Å²) in [5.41, 5.74) is 0.901. The van der Waals surface area contributed by atoms with Crippen molar-refractivity contribution in [3.63, 3.8) is 0 Å². The van der Waals surface area contributed by atoms with E-state index in [2.05, 4.69) is 0 Å². The molecule has 2 aromatic rings. The molecule has 0 aromatic heterocycles. The van der Waals surface area contributed by atoms with E-state index in [4.69, 9.17) is 18.9 Å². The summed E-state index contributed by atoms with van der Waals surface area (Å²) >= 11 is 0. The van der Waals surface area contributed by atoms with Crippen LogP contribution in [0.3, 0.4) is 0 Å². The van der Waals surface area contributed by atoms with Gasteiger partial charge in [-0.2, -0.15) is 0 Å². The summed E-state index contributed by atoms with van der Waals surface area (Å²) in [5, 5.41) is 1.33. The van der Waals surface area contributed by atoms with E-state index in [1.54, 1.807) is 57.4 Å². The first-order valence-electron chi connectivity index (χ1n) is 12.3. The SMILES string of the molecule is CC.COC(=O)/C(C)=c1\cccc\c1=C(\C)OC(=O)C1CCC(OC(=O)c2ccc(OC)cc2)CC1. The van der Waals surface area contributed by atoms with E-state index in [1.165, 1.54) is 7.11 Å². The maximum absolute atomic E-state index is 12.8. The van der Waals surface area contributed by atoms with Crippen molar-refractivity contribution < 1.29 is 33.3 Å². The van der Waals surface area contributed by atoms with Crippen LogP contribution in [0.15, 0.2) is 48.5 Å². The van der Waals surface area contributed by atoms with E-state index >= 15 is 0 Å². The quantitative estimate of drug-likeness (QED) is 0.438. The Morgan fingerprint density at radius 1 is 0.806 bits per heavy atom. The first-order valence-corrected chi connectivity index (χ1v) is 12.3. The van der Waals surface area contributed by atoms with Crippen molar-refractivity contribution in [3.05, 3.63) is 64.5 Å². The lowest BCUT2D eigenvalue weighted by Crippen LogP contribution is -2.33. The minimum Gasteiger partial charge on any atom is -0.497 e. The number of esters is 3. The third kappa shape index (κ3) is 7.44. The summed E-state index contributed by atoms with van der Waals surface area (Å²) in [5.74, 6) is -0.312. The van der Waals surface area contributed by atoms with Gasteiger partial charge in [-0.1, -0.05) is 38.1 Å². The molecular formula is C29H36O7. The van der Waals surface area contributed by atoms with E-state index in [0.29, 0.717) is 58.8 Å². The molecular weight excluding hydrogens is 460 g/mol. The fourth-order valence-electron chi connectivity index (χ4n) is 4.03. The molecule has 0 N–H and O–H groups in total. The number of methoxy groups -OCH3 is 2. The smallest absolute Gasteiger partial charge is 0.338 e. The second kappa shape index (κ2) is 14.1. The minimum atomic E-state index is -0.436. The molecule has 1 saturated carbocycles. The molecule has 0 radical (unpaired) electrons. The molecule has 0 heterocycles. The van der Waals surface area contributed by atoms with E-state index in [9.17, 15) is 14.4 Å². The van der Waals surface area contributed by atoms with Gasteiger partial charge in [0.05, 0.1) is 25.7 Å². The number of benzene rings is 2. The third-order valence-electron chi connectivity index (χ3n) is 6.06. The topological polar surface area (TPSA) is 88.1 Å². The zero-order valence-electron chi connectivity index (χ0n) is 22.0. The van der Waals surface area contributed by atoms with Crippen molar-refractivity contribution in [2.24, 2.45) is 5.92 Å². The normalized spacial score (nSPS) is 18.5. The van der Waals surface area contributed by atoms with Gasteiger partial charge in [0.25, 0.3) is 0 Å². The second-order valence-electron chi connectivity index (χ2n) is 8.25. The minimum absolute atomic E-state index is 0.234. The standard InChI is InChI=1S/C27H30O7.C2H6/c1-17(25(28)32-4)23-7-5-6-8-24(23)18(2)33-26(29)19-11-15-22(16-12-19)34-27(30)20-9-13-21(31-3)14-10-20;1-2/h5-10,13-14,19,22H,11-12,15-16H2,1-4H3;1-2H3/b23-17+,24-18+;. The average Bonchev–Trinajstić information content (AvgIpc) is 2.93. The van der Waals surface area contributed by atoms with Crippen molar-refractivity contribution in [1.82, 2.24) is 0 Å². The van der Waals surface area contributed by atoms with Gasteiger partial charge in [0, 0.05) is 10.8 Å². The predicted octanol–water partition coefficient (Wildman–Crippen LogP) is 4.15. The predicted molar refractivity (Wildman–Crippen MR) is 137 cm³/mol. The third-order valence-corrected chi connectivity index (χ3v) is 6.06. The van der Waals surface area contributed by atoms with Crippen LogP contribution in [0, 0.1) is 5.92 Å². The van der Waals surface area contributed by atoms with Gasteiger partial charge >= 0.3 is 17.9 Å². The number of rotatable bonds is 6. The molecule has 0 amide bonds. The van der Waals surface area contributed by atoms with Gasteiger partial charge in [-0.25, -0.2) is 9.59 Å². The lowest BCUT2D eigenvalue weighted by atomic mass is 9.87. The Balaban J connectivity index is 0.00000222. The molecule has 0 spiro atoms. The Morgan fingerprint density at radius 2 is 1.39 bits per heavy atom. The Kier molecular flexibility index (Phi) is 11.2. The van der Waals surface area contributed by atoms with Crippen LogP contribution in [-0.4, -0.2) is 38.2 Å². The molecule has 1 fully saturated rings. The maximum Gasteiger partial charge on any atom is 0.338 e. The fraction of sp³-hybridized carbons (Fsp3) is 0.414. The van der Waals surface area contributed by atoms with Crippen LogP contribution in [0.5, 0.6) is 5.75 Å². The summed E-state index contributed by atoms with van der Waals surface area (Å²) < 4.78 is 21.2. The van der Waals surface area contributed by atoms with E-state index in [1.807, 2.05) is 26.0 Å². The van der Waals surface area contributed by atoms with E-state index < -0.39 is 5.97 Å². The van der Waals surface area contributed by atoms with Crippen molar-refractivity contribution in [3.8, 4) is 5.75 Å². The van der Waals surface area contributed by atoms with Crippen LogP contribution in [0.2, 0.25) is 0 Å². The van der Waals surface area contributed by atoms with Crippen molar-refractivity contribution in [1.29, 1.82) is 0 Å². The highest BCUT2D eigenvalue weighted by Gasteiger charge is 2.30. The molecule has 194 valence electrons. The largest absolute Gasteiger partial charge is 0.497 e. The molecule has 2 aromatic carbocycles. The summed E-state index contributed by atoms with van der Waals surface area (Å²) in [4.78, 5) is 37.2. The van der Waals surface area contributed by atoms with Crippen LogP contribution in [0.1, 0.15) is 63.7 Å². The Morgan fingerprint density at radius 3 is 1.94 bits per heavy atom. The van der Waals surface area contributed by atoms with Crippen LogP contribution in [-0.2, 0) is 23.8 Å². The van der Waals surface area contributed by atoms with Crippen molar-refractivity contribution in [2.45, 2.75) is 59.5 Å². The van der Waals surface area contributed by atoms with Gasteiger partial charge in [0.2, 0.25) is 0 Å². The van der Waals surface area contributed by atoms with Gasteiger partial charge in [-0.3, -0.25) is 4.79 Å². The monoisotopic (exact) mass is 496 g/mol. The molecule has 0 atom stereocenters.